The Morgan fingerprint density at radius 2 is 2.54 bits per heavy atom. The van der Waals surface area contributed by atoms with Crippen molar-refractivity contribution in [2.45, 2.75) is 25.7 Å². The molecule has 1 aliphatic carbocycles. The minimum atomic E-state index is 0.0708. The molecule has 13 heavy (non-hydrogen) atoms. The van der Waals surface area contributed by atoms with Gasteiger partial charge in [0.15, 0.2) is 0 Å². The second-order valence-electron chi connectivity index (χ2n) is 3.29. The highest BCUT2D eigenvalue weighted by Crippen LogP contribution is 2.29. The fourth-order valence-electron chi connectivity index (χ4n) is 1.36. The SMILES string of the molecule is O=C(CC1CCC1)Nc1nncs1. The van der Waals surface area contributed by atoms with Gasteiger partial charge in [-0.25, -0.2) is 0 Å². The molecule has 0 saturated heterocycles. The zero-order valence-electron chi connectivity index (χ0n) is 7.19. The summed E-state index contributed by atoms with van der Waals surface area (Å²) in [7, 11) is 0. The van der Waals surface area contributed by atoms with Gasteiger partial charge in [0.05, 0.1) is 0 Å². The van der Waals surface area contributed by atoms with Crippen LogP contribution in [0.3, 0.4) is 0 Å². The van der Waals surface area contributed by atoms with Crippen LogP contribution in [0.15, 0.2) is 5.51 Å². The van der Waals surface area contributed by atoms with Crippen molar-refractivity contribution in [1.29, 1.82) is 0 Å². The van der Waals surface area contributed by atoms with Gasteiger partial charge in [0.2, 0.25) is 11.0 Å². The molecule has 1 aliphatic rings. The lowest BCUT2D eigenvalue weighted by molar-refractivity contribution is -0.117. The predicted octanol–water partition coefficient (Wildman–Crippen LogP) is 1.67. The van der Waals surface area contributed by atoms with Crippen molar-refractivity contribution in [1.82, 2.24) is 10.2 Å². The molecule has 0 unspecified atom stereocenters. The van der Waals surface area contributed by atoms with Crippen molar-refractivity contribution < 1.29 is 4.79 Å². The highest BCUT2D eigenvalue weighted by Gasteiger charge is 2.20. The Labute approximate surface area is 80.4 Å². The molecule has 0 aliphatic heterocycles. The predicted molar refractivity (Wildman–Crippen MR) is 50.5 cm³/mol. The Morgan fingerprint density at radius 1 is 1.69 bits per heavy atom. The first kappa shape index (κ1) is 8.62. The Bertz CT molecular complexity index is 282. The Morgan fingerprint density at radius 3 is 3.08 bits per heavy atom. The lowest BCUT2D eigenvalue weighted by Gasteiger charge is -2.24. The summed E-state index contributed by atoms with van der Waals surface area (Å²) >= 11 is 1.35. The zero-order chi connectivity index (χ0) is 9.10. The van der Waals surface area contributed by atoms with Gasteiger partial charge >= 0.3 is 0 Å². The molecule has 70 valence electrons. The summed E-state index contributed by atoms with van der Waals surface area (Å²) in [5.74, 6) is 0.675. The number of aromatic nitrogens is 2. The van der Waals surface area contributed by atoms with E-state index in [9.17, 15) is 4.79 Å². The van der Waals surface area contributed by atoms with E-state index in [1.807, 2.05) is 0 Å². The van der Waals surface area contributed by atoms with E-state index in [0.29, 0.717) is 17.5 Å². The van der Waals surface area contributed by atoms with E-state index in [4.69, 9.17) is 0 Å². The van der Waals surface area contributed by atoms with E-state index in [2.05, 4.69) is 15.5 Å². The van der Waals surface area contributed by atoms with Gasteiger partial charge in [-0.3, -0.25) is 4.79 Å². The molecule has 5 heteroatoms. The second-order valence-corrected chi connectivity index (χ2v) is 4.13. The lowest BCUT2D eigenvalue weighted by atomic mass is 9.83. The minimum Gasteiger partial charge on any atom is -0.301 e. The molecule has 1 heterocycles. The molecule has 0 bridgehead atoms. The van der Waals surface area contributed by atoms with Crippen LogP contribution in [0.4, 0.5) is 5.13 Å². The quantitative estimate of drug-likeness (QED) is 0.801. The normalized spacial score (nSPS) is 16.6. The smallest absolute Gasteiger partial charge is 0.226 e. The number of carbonyl (C=O) groups excluding carboxylic acids is 1. The standard InChI is InChI=1S/C8H11N3OS/c12-7(4-6-2-1-3-6)10-8-11-9-5-13-8/h5-6H,1-4H2,(H,10,11,12). The molecule has 0 aromatic carbocycles. The summed E-state index contributed by atoms with van der Waals surface area (Å²) in [6.45, 7) is 0. The van der Waals surface area contributed by atoms with Gasteiger partial charge in [0.25, 0.3) is 0 Å². The third-order valence-corrected chi connectivity index (χ3v) is 2.91. The van der Waals surface area contributed by atoms with Gasteiger partial charge in [-0.05, 0) is 18.8 Å². The molecular formula is C8H11N3OS. The van der Waals surface area contributed by atoms with Crippen LogP contribution in [0, 0.1) is 5.92 Å². The molecule has 1 aromatic heterocycles. The Balaban J connectivity index is 1.78. The van der Waals surface area contributed by atoms with E-state index in [1.54, 1.807) is 5.51 Å². The van der Waals surface area contributed by atoms with Crippen LogP contribution in [0.5, 0.6) is 0 Å². The molecule has 0 spiro atoms. The summed E-state index contributed by atoms with van der Waals surface area (Å²) in [5, 5.41) is 10.7. The zero-order valence-corrected chi connectivity index (χ0v) is 8.01. The van der Waals surface area contributed by atoms with Crippen molar-refractivity contribution >= 4 is 22.4 Å². The highest BCUT2D eigenvalue weighted by molar-refractivity contribution is 7.13. The molecule has 2 rings (SSSR count). The first-order valence-corrected chi connectivity index (χ1v) is 5.28. The largest absolute Gasteiger partial charge is 0.301 e. The summed E-state index contributed by atoms with van der Waals surface area (Å²) in [6, 6.07) is 0. The maximum Gasteiger partial charge on any atom is 0.226 e. The monoisotopic (exact) mass is 197 g/mol. The summed E-state index contributed by atoms with van der Waals surface area (Å²) in [4.78, 5) is 11.3. The molecule has 1 amide bonds. The topological polar surface area (TPSA) is 54.9 Å². The summed E-state index contributed by atoms with van der Waals surface area (Å²) < 4.78 is 0. The number of rotatable bonds is 3. The molecule has 1 aromatic rings. The third kappa shape index (κ3) is 2.24. The van der Waals surface area contributed by atoms with E-state index >= 15 is 0 Å². The van der Waals surface area contributed by atoms with E-state index < -0.39 is 0 Å². The van der Waals surface area contributed by atoms with Crippen molar-refractivity contribution in [3.8, 4) is 0 Å². The van der Waals surface area contributed by atoms with Crippen molar-refractivity contribution in [3.63, 3.8) is 0 Å². The van der Waals surface area contributed by atoms with Crippen LogP contribution in [-0.2, 0) is 4.79 Å². The number of anilines is 1. The van der Waals surface area contributed by atoms with Gasteiger partial charge in [-0.2, -0.15) is 0 Å². The molecule has 1 saturated carbocycles. The van der Waals surface area contributed by atoms with Gasteiger partial charge < -0.3 is 5.32 Å². The number of nitrogens with one attached hydrogen (secondary N) is 1. The third-order valence-electron chi connectivity index (χ3n) is 2.31. The molecular weight excluding hydrogens is 186 g/mol. The fourth-order valence-corrected chi connectivity index (χ4v) is 1.82. The first-order valence-electron chi connectivity index (χ1n) is 4.40. The lowest BCUT2D eigenvalue weighted by Crippen LogP contribution is -2.20. The number of hydrogen-bond donors (Lipinski definition) is 1. The fraction of sp³-hybridized carbons (Fsp3) is 0.625. The molecule has 0 atom stereocenters. The average molecular weight is 197 g/mol. The molecule has 1 N–H and O–H groups in total. The van der Waals surface area contributed by atoms with Crippen LogP contribution < -0.4 is 5.32 Å². The van der Waals surface area contributed by atoms with Crippen molar-refractivity contribution in [2.24, 2.45) is 5.92 Å². The van der Waals surface area contributed by atoms with Crippen LogP contribution in [0.2, 0.25) is 0 Å². The summed E-state index contributed by atoms with van der Waals surface area (Å²) in [6.07, 6.45) is 4.31. The average Bonchev–Trinajstić information content (AvgIpc) is 2.49. The van der Waals surface area contributed by atoms with Crippen LogP contribution in [-0.4, -0.2) is 16.1 Å². The summed E-state index contributed by atoms with van der Waals surface area (Å²) in [5.41, 5.74) is 1.61. The number of amides is 1. The van der Waals surface area contributed by atoms with Crippen LogP contribution >= 0.6 is 11.3 Å². The van der Waals surface area contributed by atoms with Crippen molar-refractivity contribution in [2.75, 3.05) is 5.32 Å². The molecule has 4 nitrogen and oxygen atoms in total. The van der Waals surface area contributed by atoms with E-state index in [1.165, 1.54) is 30.6 Å². The Kier molecular flexibility index (Phi) is 2.54. The minimum absolute atomic E-state index is 0.0708. The molecule has 0 radical (unpaired) electrons. The molecule has 1 fully saturated rings. The van der Waals surface area contributed by atoms with Gasteiger partial charge in [-0.1, -0.05) is 17.8 Å². The number of hydrogen-bond acceptors (Lipinski definition) is 4. The van der Waals surface area contributed by atoms with Crippen LogP contribution in [0.1, 0.15) is 25.7 Å². The maximum atomic E-state index is 11.3. The first-order chi connectivity index (χ1) is 6.34. The van der Waals surface area contributed by atoms with Gasteiger partial charge in [0, 0.05) is 6.42 Å². The van der Waals surface area contributed by atoms with Crippen molar-refractivity contribution in [3.05, 3.63) is 5.51 Å². The highest BCUT2D eigenvalue weighted by atomic mass is 32.1. The Hall–Kier alpha value is -0.970. The van der Waals surface area contributed by atoms with E-state index in [-0.39, 0.29) is 5.91 Å². The van der Waals surface area contributed by atoms with Crippen LogP contribution in [0.25, 0.3) is 0 Å². The van der Waals surface area contributed by atoms with Gasteiger partial charge in [-0.15, -0.1) is 10.2 Å². The number of nitrogens with zero attached hydrogens (tertiary/aromatic N) is 2. The van der Waals surface area contributed by atoms with Gasteiger partial charge in [0.1, 0.15) is 5.51 Å². The second kappa shape index (κ2) is 3.83. The van der Waals surface area contributed by atoms with E-state index in [0.717, 1.165) is 0 Å². The maximum absolute atomic E-state index is 11.3. The number of carbonyl (C=O) groups is 1.